The van der Waals surface area contributed by atoms with Crippen molar-refractivity contribution >= 4 is 17.3 Å². The summed E-state index contributed by atoms with van der Waals surface area (Å²) in [5, 5.41) is 12.3. The zero-order valence-electron chi connectivity index (χ0n) is 9.86. The van der Waals surface area contributed by atoms with Gasteiger partial charge >= 0.3 is 0 Å². The fourth-order valence-corrected chi connectivity index (χ4v) is 2.06. The van der Waals surface area contributed by atoms with E-state index >= 15 is 0 Å². The number of rotatable bonds is 2. The van der Waals surface area contributed by atoms with Crippen molar-refractivity contribution < 1.29 is 0 Å². The van der Waals surface area contributed by atoms with Gasteiger partial charge in [0, 0.05) is 11.3 Å². The second-order valence-corrected chi connectivity index (χ2v) is 4.36. The van der Waals surface area contributed by atoms with Crippen molar-refractivity contribution in [1.29, 1.82) is 0 Å². The second-order valence-electron chi connectivity index (χ2n) is 3.95. The molecule has 3 rings (SSSR count). The Bertz CT molecular complexity index is 662. The monoisotopic (exact) mass is 271 g/mol. The van der Waals surface area contributed by atoms with E-state index in [-0.39, 0.29) is 0 Å². The molecule has 0 fully saturated rings. The first-order valence-corrected chi connectivity index (χ1v) is 6.03. The van der Waals surface area contributed by atoms with Crippen molar-refractivity contribution in [2.75, 3.05) is 5.73 Å². The van der Waals surface area contributed by atoms with Crippen molar-refractivity contribution in [1.82, 2.24) is 20.2 Å². The lowest BCUT2D eigenvalue weighted by molar-refractivity contribution is 0.791. The SMILES string of the molecule is Nc1ccccc1-c1nnnn1-c1ccccc1Cl. The van der Waals surface area contributed by atoms with Crippen LogP contribution in [0.4, 0.5) is 5.69 Å². The fourth-order valence-electron chi connectivity index (χ4n) is 1.84. The van der Waals surface area contributed by atoms with Crippen molar-refractivity contribution in [3.8, 4) is 17.1 Å². The Balaban J connectivity index is 2.20. The van der Waals surface area contributed by atoms with Crippen molar-refractivity contribution in [3.05, 3.63) is 53.6 Å². The summed E-state index contributed by atoms with van der Waals surface area (Å²) in [6, 6.07) is 14.8. The number of hydrogen-bond donors (Lipinski definition) is 1. The minimum absolute atomic E-state index is 0.561. The van der Waals surface area contributed by atoms with Gasteiger partial charge in [0.15, 0.2) is 5.82 Å². The van der Waals surface area contributed by atoms with Crippen LogP contribution in [0.2, 0.25) is 5.02 Å². The zero-order valence-corrected chi connectivity index (χ0v) is 10.6. The molecule has 0 aliphatic heterocycles. The topological polar surface area (TPSA) is 69.6 Å². The van der Waals surface area contributed by atoms with Crippen molar-refractivity contribution in [2.24, 2.45) is 0 Å². The molecule has 0 aliphatic rings. The van der Waals surface area contributed by atoms with Gasteiger partial charge in [-0.1, -0.05) is 35.9 Å². The molecule has 0 bridgehead atoms. The van der Waals surface area contributed by atoms with Crippen LogP contribution in [0.3, 0.4) is 0 Å². The quantitative estimate of drug-likeness (QED) is 0.727. The second kappa shape index (κ2) is 4.70. The minimum atomic E-state index is 0.561. The van der Waals surface area contributed by atoms with Gasteiger partial charge in [-0.3, -0.25) is 0 Å². The van der Waals surface area contributed by atoms with Crippen LogP contribution in [0.5, 0.6) is 0 Å². The predicted octanol–water partition coefficient (Wildman–Crippen LogP) is 2.56. The molecule has 0 atom stereocenters. The van der Waals surface area contributed by atoms with Gasteiger partial charge in [-0.2, -0.15) is 4.68 Å². The molecule has 0 aliphatic carbocycles. The molecule has 0 saturated carbocycles. The van der Waals surface area contributed by atoms with E-state index in [1.54, 1.807) is 16.8 Å². The summed E-state index contributed by atoms with van der Waals surface area (Å²) in [6.07, 6.45) is 0. The van der Waals surface area contributed by atoms with E-state index < -0.39 is 0 Å². The third kappa shape index (κ3) is 2.04. The van der Waals surface area contributed by atoms with E-state index in [0.717, 1.165) is 5.56 Å². The number of aromatic nitrogens is 4. The lowest BCUT2D eigenvalue weighted by atomic mass is 10.1. The van der Waals surface area contributed by atoms with E-state index in [4.69, 9.17) is 17.3 Å². The fraction of sp³-hybridized carbons (Fsp3) is 0. The molecule has 0 spiro atoms. The number of tetrazole rings is 1. The number of nitrogen functional groups attached to an aromatic ring is 1. The lowest BCUT2D eigenvalue weighted by Crippen LogP contribution is -2.02. The van der Waals surface area contributed by atoms with Crippen molar-refractivity contribution in [2.45, 2.75) is 0 Å². The summed E-state index contributed by atoms with van der Waals surface area (Å²) in [4.78, 5) is 0. The van der Waals surface area contributed by atoms with E-state index in [1.807, 2.05) is 36.4 Å². The highest BCUT2D eigenvalue weighted by atomic mass is 35.5. The number of anilines is 1. The Hall–Kier alpha value is -2.40. The van der Waals surface area contributed by atoms with Crippen LogP contribution in [0.15, 0.2) is 48.5 Å². The molecule has 2 aromatic carbocycles. The molecule has 5 nitrogen and oxygen atoms in total. The van der Waals surface area contributed by atoms with Crippen LogP contribution < -0.4 is 5.73 Å². The first kappa shape index (κ1) is 11.7. The molecule has 19 heavy (non-hydrogen) atoms. The van der Waals surface area contributed by atoms with Gasteiger partial charge in [-0.25, -0.2) is 0 Å². The Kier molecular flexibility index (Phi) is 2.89. The van der Waals surface area contributed by atoms with Gasteiger partial charge in [-0.05, 0) is 34.7 Å². The minimum Gasteiger partial charge on any atom is -0.398 e. The van der Waals surface area contributed by atoms with Crippen LogP contribution >= 0.6 is 11.6 Å². The first-order valence-electron chi connectivity index (χ1n) is 5.65. The normalized spacial score (nSPS) is 10.6. The number of nitrogens with zero attached hydrogens (tertiary/aromatic N) is 4. The Morgan fingerprint density at radius 2 is 1.74 bits per heavy atom. The van der Waals surface area contributed by atoms with E-state index in [2.05, 4.69) is 15.5 Å². The Morgan fingerprint density at radius 1 is 1.00 bits per heavy atom. The number of nitrogens with two attached hydrogens (primary N) is 1. The first-order chi connectivity index (χ1) is 9.27. The molecule has 0 saturated heterocycles. The maximum Gasteiger partial charge on any atom is 0.189 e. The molecule has 6 heteroatoms. The van der Waals surface area contributed by atoms with Crippen LogP contribution in [0.25, 0.3) is 17.1 Å². The summed E-state index contributed by atoms with van der Waals surface area (Å²) in [7, 11) is 0. The van der Waals surface area contributed by atoms with Crippen LogP contribution in [-0.4, -0.2) is 20.2 Å². The van der Waals surface area contributed by atoms with Gasteiger partial charge in [0.25, 0.3) is 0 Å². The highest BCUT2D eigenvalue weighted by molar-refractivity contribution is 6.32. The smallest absolute Gasteiger partial charge is 0.189 e. The number of benzene rings is 2. The van der Waals surface area contributed by atoms with Crippen LogP contribution in [-0.2, 0) is 0 Å². The molecule has 3 aromatic rings. The van der Waals surface area contributed by atoms with Crippen molar-refractivity contribution in [3.63, 3.8) is 0 Å². The summed E-state index contributed by atoms with van der Waals surface area (Å²) in [5.74, 6) is 0.561. The summed E-state index contributed by atoms with van der Waals surface area (Å²) < 4.78 is 1.58. The molecule has 2 N–H and O–H groups in total. The molecule has 1 aromatic heterocycles. The highest BCUT2D eigenvalue weighted by Crippen LogP contribution is 2.27. The molecular weight excluding hydrogens is 262 g/mol. The maximum atomic E-state index is 6.17. The molecule has 0 radical (unpaired) electrons. The largest absolute Gasteiger partial charge is 0.398 e. The third-order valence-electron chi connectivity index (χ3n) is 2.75. The van der Waals surface area contributed by atoms with Gasteiger partial charge in [0.1, 0.15) is 0 Å². The summed E-state index contributed by atoms with van der Waals surface area (Å²) >= 11 is 6.17. The van der Waals surface area contributed by atoms with Gasteiger partial charge in [-0.15, -0.1) is 5.10 Å². The third-order valence-corrected chi connectivity index (χ3v) is 3.07. The highest BCUT2D eigenvalue weighted by Gasteiger charge is 2.14. The lowest BCUT2D eigenvalue weighted by Gasteiger charge is -2.07. The van der Waals surface area contributed by atoms with E-state index in [9.17, 15) is 0 Å². The summed E-state index contributed by atoms with van der Waals surface area (Å²) in [5.41, 5.74) is 8.06. The summed E-state index contributed by atoms with van der Waals surface area (Å²) in [6.45, 7) is 0. The standard InChI is InChI=1S/C13H10ClN5/c14-10-6-2-4-8-12(10)19-13(16-17-18-19)9-5-1-3-7-11(9)15/h1-8H,15H2. The van der Waals surface area contributed by atoms with Gasteiger partial charge < -0.3 is 5.73 Å². The molecule has 1 heterocycles. The molecule has 0 unspecified atom stereocenters. The average Bonchev–Trinajstić information content (AvgIpc) is 2.89. The molecule has 0 amide bonds. The molecular formula is C13H10ClN5. The molecule has 94 valence electrons. The number of para-hydroxylation sites is 2. The van der Waals surface area contributed by atoms with Crippen LogP contribution in [0, 0.1) is 0 Å². The number of hydrogen-bond acceptors (Lipinski definition) is 4. The maximum absolute atomic E-state index is 6.17. The zero-order chi connectivity index (χ0) is 13.2. The average molecular weight is 272 g/mol. The number of halogens is 1. The van der Waals surface area contributed by atoms with Gasteiger partial charge in [0.05, 0.1) is 10.7 Å². The Labute approximate surface area is 114 Å². The van der Waals surface area contributed by atoms with E-state index in [0.29, 0.717) is 22.2 Å². The van der Waals surface area contributed by atoms with E-state index in [1.165, 1.54) is 0 Å². The van der Waals surface area contributed by atoms with Crippen LogP contribution in [0.1, 0.15) is 0 Å². The van der Waals surface area contributed by atoms with Gasteiger partial charge in [0.2, 0.25) is 0 Å². The predicted molar refractivity (Wildman–Crippen MR) is 74.0 cm³/mol. The Morgan fingerprint density at radius 3 is 2.53 bits per heavy atom.